The van der Waals surface area contributed by atoms with Gasteiger partial charge in [-0.15, -0.1) is 0 Å². The van der Waals surface area contributed by atoms with Crippen molar-refractivity contribution in [3.05, 3.63) is 40.4 Å². The summed E-state index contributed by atoms with van der Waals surface area (Å²) in [6.07, 6.45) is 3.66. The van der Waals surface area contributed by atoms with E-state index in [9.17, 15) is 10.1 Å². The number of nitrogens with zero attached hydrogens (tertiary/aromatic N) is 2. The number of hydrogen-bond acceptors (Lipinski definition) is 4. The first-order valence-electron chi connectivity index (χ1n) is 6.04. The lowest BCUT2D eigenvalue weighted by molar-refractivity contribution is -0.384. The number of nitro benzene ring substituents is 1. The van der Waals surface area contributed by atoms with Crippen molar-refractivity contribution in [3.8, 4) is 0 Å². The van der Waals surface area contributed by atoms with E-state index >= 15 is 0 Å². The Morgan fingerprint density at radius 1 is 1.28 bits per heavy atom. The van der Waals surface area contributed by atoms with Crippen molar-refractivity contribution in [1.29, 1.82) is 0 Å². The van der Waals surface area contributed by atoms with Crippen molar-refractivity contribution in [2.75, 3.05) is 5.32 Å². The second-order valence-electron chi connectivity index (χ2n) is 4.60. The van der Waals surface area contributed by atoms with Gasteiger partial charge in [0.2, 0.25) is 0 Å². The van der Waals surface area contributed by atoms with Gasteiger partial charge in [0.1, 0.15) is 5.82 Å². The van der Waals surface area contributed by atoms with Crippen LogP contribution in [0.4, 0.5) is 11.5 Å². The molecule has 0 atom stereocenters. The van der Waals surface area contributed by atoms with Crippen molar-refractivity contribution < 1.29 is 4.92 Å². The lowest BCUT2D eigenvalue weighted by atomic mass is 9.93. The lowest BCUT2D eigenvalue weighted by Gasteiger charge is -2.26. The van der Waals surface area contributed by atoms with E-state index in [2.05, 4.69) is 10.3 Å². The number of pyridine rings is 1. The molecule has 0 aliphatic heterocycles. The summed E-state index contributed by atoms with van der Waals surface area (Å²) in [4.78, 5) is 14.8. The molecule has 5 nitrogen and oxygen atoms in total. The topological polar surface area (TPSA) is 68.1 Å². The summed E-state index contributed by atoms with van der Waals surface area (Å²) in [5.41, 5.74) is 0.883. The molecule has 1 fully saturated rings. The summed E-state index contributed by atoms with van der Waals surface area (Å²) in [6.45, 7) is 0. The summed E-state index contributed by atoms with van der Waals surface area (Å²) in [5, 5.41) is 14.8. The first kappa shape index (κ1) is 11.0. The molecule has 0 unspecified atom stereocenters. The third kappa shape index (κ3) is 1.99. The minimum Gasteiger partial charge on any atom is -0.367 e. The van der Waals surface area contributed by atoms with Crippen molar-refractivity contribution >= 4 is 22.4 Å². The highest BCUT2D eigenvalue weighted by Crippen LogP contribution is 2.25. The zero-order chi connectivity index (χ0) is 12.5. The summed E-state index contributed by atoms with van der Waals surface area (Å²) in [6, 6.07) is 9.02. The maximum atomic E-state index is 10.7. The number of rotatable bonds is 3. The highest BCUT2D eigenvalue weighted by molar-refractivity contribution is 5.82. The van der Waals surface area contributed by atoms with E-state index in [1.165, 1.54) is 25.3 Å². The van der Waals surface area contributed by atoms with E-state index in [1.54, 1.807) is 12.1 Å². The number of aromatic nitrogens is 1. The lowest BCUT2D eigenvalue weighted by Crippen LogP contribution is -2.27. The number of non-ortho nitro benzene ring substituents is 1. The van der Waals surface area contributed by atoms with Crippen LogP contribution in [0.1, 0.15) is 19.3 Å². The van der Waals surface area contributed by atoms with Gasteiger partial charge in [-0.3, -0.25) is 10.1 Å². The van der Waals surface area contributed by atoms with Crippen LogP contribution in [0, 0.1) is 10.1 Å². The van der Waals surface area contributed by atoms with Crippen LogP contribution < -0.4 is 5.32 Å². The standard InChI is InChI=1S/C13H13N3O2/c17-16(18)11-5-6-12-9(8-11)4-7-13(15-12)14-10-2-1-3-10/h4-8,10H,1-3H2,(H,14,15). The Balaban J connectivity index is 1.92. The maximum Gasteiger partial charge on any atom is 0.270 e. The molecule has 3 rings (SSSR count). The molecule has 1 aliphatic carbocycles. The van der Waals surface area contributed by atoms with E-state index < -0.39 is 0 Å². The van der Waals surface area contributed by atoms with Crippen LogP contribution in [-0.4, -0.2) is 15.9 Å². The Kier molecular flexibility index (Phi) is 2.59. The molecule has 1 aliphatic rings. The first-order valence-corrected chi connectivity index (χ1v) is 6.04. The smallest absolute Gasteiger partial charge is 0.270 e. The second-order valence-corrected chi connectivity index (χ2v) is 4.60. The molecule has 18 heavy (non-hydrogen) atoms. The Hall–Kier alpha value is -2.17. The van der Waals surface area contributed by atoms with Gasteiger partial charge in [0, 0.05) is 23.6 Å². The summed E-state index contributed by atoms with van der Waals surface area (Å²) >= 11 is 0. The maximum absolute atomic E-state index is 10.7. The zero-order valence-corrected chi connectivity index (χ0v) is 9.80. The summed E-state index contributed by atoms with van der Waals surface area (Å²) in [5.74, 6) is 0.848. The molecule has 1 N–H and O–H groups in total. The number of fused-ring (bicyclic) bond motifs is 1. The Morgan fingerprint density at radius 2 is 2.11 bits per heavy atom. The third-order valence-electron chi connectivity index (χ3n) is 3.34. The SMILES string of the molecule is O=[N+]([O-])c1ccc2nc(NC3CCC3)ccc2c1. The molecular formula is C13H13N3O2. The molecule has 5 heteroatoms. The molecule has 0 spiro atoms. The molecule has 92 valence electrons. The molecule has 0 bridgehead atoms. The fourth-order valence-corrected chi connectivity index (χ4v) is 2.07. The van der Waals surface area contributed by atoms with Gasteiger partial charge in [0.05, 0.1) is 10.4 Å². The Bertz CT molecular complexity index is 608. The van der Waals surface area contributed by atoms with Gasteiger partial charge in [-0.25, -0.2) is 4.98 Å². The third-order valence-corrected chi connectivity index (χ3v) is 3.34. The molecule has 1 aromatic heterocycles. The van der Waals surface area contributed by atoms with Gasteiger partial charge in [0.25, 0.3) is 5.69 Å². The quantitative estimate of drug-likeness (QED) is 0.664. The summed E-state index contributed by atoms with van der Waals surface area (Å²) < 4.78 is 0. The molecule has 0 saturated heterocycles. The van der Waals surface area contributed by atoms with E-state index in [-0.39, 0.29) is 10.6 Å². The molecule has 1 heterocycles. The van der Waals surface area contributed by atoms with Crippen LogP contribution in [-0.2, 0) is 0 Å². The van der Waals surface area contributed by atoms with E-state index in [4.69, 9.17) is 0 Å². The highest BCUT2D eigenvalue weighted by Gasteiger charge is 2.17. The second kappa shape index (κ2) is 4.25. The van der Waals surface area contributed by atoms with Crippen LogP contribution in [0.5, 0.6) is 0 Å². The monoisotopic (exact) mass is 243 g/mol. The van der Waals surface area contributed by atoms with E-state index in [1.807, 2.05) is 12.1 Å². The van der Waals surface area contributed by atoms with Crippen LogP contribution in [0.2, 0.25) is 0 Å². The predicted molar refractivity (Wildman–Crippen MR) is 69.7 cm³/mol. The molecular weight excluding hydrogens is 230 g/mol. The minimum absolute atomic E-state index is 0.101. The zero-order valence-electron chi connectivity index (χ0n) is 9.80. The van der Waals surface area contributed by atoms with Gasteiger partial charge in [-0.1, -0.05) is 0 Å². The number of anilines is 1. The van der Waals surface area contributed by atoms with Crippen molar-refractivity contribution in [3.63, 3.8) is 0 Å². The average molecular weight is 243 g/mol. The van der Waals surface area contributed by atoms with Crippen LogP contribution >= 0.6 is 0 Å². The van der Waals surface area contributed by atoms with Crippen molar-refractivity contribution in [2.24, 2.45) is 0 Å². The average Bonchev–Trinajstić information content (AvgIpc) is 2.33. The van der Waals surface area contributed by atoms with E-state index in [0.29, 0.717) is 6.04 Å². The number of nitrogens with one attached hydrogen (secondary N) is 1. The highest BCUT2D eigenvalue weighted by atomic mass is 16.6. The first-order chi connectivity index (χ1) is 8.72. The molecule has 0 radical (unpaired) electrons. The Labute approximate surface area is 104 Å². The largest absolute Gasteiger partial charge is 0.367 e. The number of benzene rings is 1. The van der Waals surface area contributed by atoms with Crippen molar-refractivity contribution in [1.82, 2.24) is 4.98 Å². The van der Waals surface area contributed by atoms with Crippen molar-refractivity contribution in [2.45, 2.75) is 25.3 Å². The summed E-state index contributed by atoms with van der Waals surface area (Å²) in [7, 11) is 0. The van der Waals surface area contributed by atoms with Crippen LogP contribution in [0.3, 0.4) is 0 Å². The fourth-order valence-electron chi connectivity index (χ4n) is 2.07. The molecule has 1 aromatic carbocycles. The van der Waals surface area contributed by atoms with E-state index in [0.717, 1.165) is 16.7 Å². The fraction of sp³-hybridized carbons (Fsp3) is 0.308. The van der Waals surface area contributed by atoms with Gasteiger partial charge >= 0.3 is 0 Å². The van der Waals surface area contributed by atoms with Crippen LogP contribution in [0.25, 0.3) is 10.9 Å². The number of nitro groups is 1. The van der Waals surface area contributed by atoms with Gasteiger partial charge in [-0.2, -0.15) is 0 Å². The molecule has 0 amide bonds. The van der Waals surface area contributed by atoms with Gasteiger partial charge < -0.3 is 5.32 Å². The Morgan fingerprint density at radius 3 is 2.78 bits per heavy atom. The minimum atomic E-state index is -0.389. The predicted octanol–water partition coefficient (Wildman–Crippen LogP) is 3.11. The normalized spacial score (nSPS) is 15.3. The van der Waals surface area contributed by atoms with Gasteiger partial charge in [0.15, 0.2) is 0 Å². The number of hydrogen-bond donors (Lipinski definition) is 1. The van der Waals surface area contributed by atoms with Crippen LogP contribution in [0.15, 0.2) is 30.3 Å². The molecule has 2 aromatic rings. The molecule has 1 saturated carbocycles. The van der Waals surface area contributed by atoms with Gasteiger partial charge in [-0.05, 0) is 37.5 Å².